The molecule has 0 saturated heterocycles. The Morgan fingerprint density at radius 1 is 1.39 bits per heavy atom. The SMILES string of the molecule is C/C=C/OC(O)(CO)O/C(=C/CO)C(=O)CCC. The number of aliphatic hydroxyl groups excluding tert-OH is 2. The average molecular weight is 260 g/mol. The third-order valence-electron chi connectivity index (χ3n) is 1.89. The molecule has 0 radical (unpaired) electrons. The van der Waals surface area contributed by atoms with E-state index in [4.69, 9.17) is 19.7 Å². The van der Waals surface area contributed by atoms with Gasteiger partial charge >= 0.3 is 5.97 Å². The van der Waals surface area contributed by atoms with Gasteiger partial charge in [-0.05, 0) is 19.4 Å². The third kappa shape index (κ3) is 5.81. The fraction of sp³-hybridized carbons (Fsp3) is 0.583. The molecule has 0 fully saturated rings. The highest BCUT2D eigenvalue weighted by atomic mass is 16.8. The van der Waals surface area contributed by atoms with Crippen LogP contribution in [0.4, 0.5) is 0 Å². The molecule has 0 aromatic heterocycles. The third-order valence-corrected chi connectivity index (χ3v) is 1.89. The van der Waals surface area contributed by atoms with E-state index in [1.807, 2.05) is 6.92 Å². The predicted octanol–water partition coefficient (Wildman–Crippen LogP) is 0.437. The quantitative estimate of drug-likeness (QED) is 0.316. The lowest BCUT2D eigenvalue weighted by Crippen LogP contribution is -2.39. The Balaban J connectivity index is 4.83. The van der Waals surface area contributed by atoms with Crippen LogP contribution in [0.1, 0.15) is 26.7 Å². The maximum Gasteiger partial charge on any atom is 0.393 e. The van der Waals surface area contributed by atoms with E-state index in [1.54, 1.807) is 6.92 Å². The first-order valence-electron chi connectivity index (χ1n) is 5.68. The van der Waals surface area contributed by atoms with Gasteiger partial charge in [0.25, 0.3) is 0 Å². The maximum absolute atomic E-state index is 11.6. The van der Waals surface area contributed by atoms with Gasteiger partial charge in [0.2, 0.25) is 0 Å². The Bertz CT molecular complexity index is 310. The van der Waals surface area contributed by atoms with Crippen LogP contribution in [0.3, 0.4) is 0 Å². The summed E-state index contributed by atoms with van der Waals surface area (Å²) in [7, 11) is 0. The van der Waals surface area contributed by atoms with Crippen molar-refractivity contribution < 1.29 is 29.6 Å². The lowest BCUT2D eigenvalue weighted by Gasteiger charge is -2.26. The van der Waals surface area contributed by atoms with Gasteiger partial charge in [-0.2, -0.15) is 0 Å². The Morgan fingerprint density at radius 3 is 2.50 bits per heavy atom. The zero-order chi connectivity index (χ0) is 14.0. The maximum atomic E-state index is 11.6. The largest absolute Gasteiger partial charge is 0.437 e. The number of rotatable bonds is 9. The zero-order valence-electron chi connectivity index (χ0n) is 10.6. The minimum absolute atomic E-state index is 0.205. The molecule has 1 unspecified atom stereocenters. The highest BCUT2D eigenvalue weighted by molar-refractivity contribution is 5.93. The molecule has 0 aliphatic carbocycles. The summed E-state index contributed by atoms with van der Waals surface area (Å²) in [5.74, 6) is -2.96. The Morgan fingerprint density at radius 2 is 2.06 bits per heavy atom. The average Bonchev–Trinajstić information content (AvgIpc) is 2.36. The second-order valence-corrected chi connectivity index (χ2v) is 3.48. The minimum atomic E-state index is -2.34. The molecule has 0 spiro atoms. The first-order chi connectivity index (χ1) is 8.52. The summed E-state index contributed by atoms with van der Waals surface area (Å²) >= 11 is 0. The lowest BCUT2D eigenvalue weighted by molar-refractivity contribution is -0.335. The number of ether oxygens (including phenoxy) is 2. The fourth-order valence-electron chi connectivity index (χ4n) is 1.09. The van der Waals surface area contributed by atoms with E-state index < -0.39 is 19.2 Å². The van der Waals surface area contributed by atoms with Crippen LogP contribution in [0, 0.1) is 0 Å². The molecule has 6 nitrogen and oxygen atoms in total. The van der Waals surface area contributed by atoms with Gasteiger partial charge in [-0.3, -0.25) is 4.79 Å². The lowest BCUT2D eigenvalue weighted by atomic mass is 10.2. The fourth-order valence-corrected chi connectivity index (χ4v) is 1.09. The van der Waals surface area contributed by atoms with Crippen molar-refractivity contribution >= 4 is 5.78 Å². The molecular weight excluding hydrogens is 240 g/mol. The van der Waals surface area contributed by atoms with E-state index >= 15 is 0 Å². The Kier molecular flexibility index (Phi) is 8.02. The van der Waals surface area contributed by atoms with E-state index in [9.17, 15) is 9.90 Å². The van der Waals surface area contributed by atoms with Crippen molar-refractivity contribution in [1.82, 2.24) is 0 Å². The molecule has 0 amide bonds. The van der Waals surface area contributed by atoms with E-state index in [-0.39, 0.29) is 18.0 Å². The number of carbonyl (C=O) groups is 1. The van der Waals surface area contributed by atoms with Gasteiger partial charge in [0.15, 0.2) is 11.5 Å². The molecule has 0 rings (SSSR count). The second kappa shape index (κ2) is 8.68. The van der Waals surface area contributed by atoms with Crippen molar-refractivity contribution in [1.29, 1.82) is 0 Å². The van der Waals surface area contributed by atoms with Crippen molar-refractivity contribution in [3.8, 4) is 0 Å². The summed E-state index contributed by atoms with van der Waals surface area (Å²) in [6.45, 7) is 2.17. The van der Waals surface area contributed by atoms with E-state index in [1.165, 1.54) is 6.08 Å². The molecule has 1 atom stereocenters. The molecule has 0 heterocycles. The van der Waals surface area contributed by atoms with Crippen LogP contribution in [0.15, 0.2) is 24.2 Å². The van der Waals surface area contributed by atoms with Crippen LogP contribution in [0.25, 0.3) is 0 Å². The first-order valence-corrected chi connectivity index (χ1v) is 5.68. The normalized spacial score (nSPS) is 15.5. The van der Waals surface area contributed by atoms with Crippen LogP contribution >= 0.6 is 0 Å². The van der Waals surface area contributed by atoms with Gasteiger partial charge in [0.05, 0.1) is 12.9 Å². The highest BCUT2D eigenvalue weighted by Crippen LogP contribution is 2.17. The van der Waals surface area contributed by atoms with Crippen LogP contribution in [-0.4, -0.2) is 40.3 Å². The molecule has 0 bridgehead atoms. The number of hydrogen-bond donors (Lipinski definition) is 3. The van der Waals surface area contributed by atoms with E-state index in [0.717, 1.165) is 12.3 Å². The van der Waals surface area contributed by atoms with Gasteiger partial charge < -0.3 is 24.8 Å². The van der Waals surface area contributed by atoms with Crippen molar-refractivity contribution in [2.45, 2.75) is 32.7 Å². The topological polar surface area (TPSA) is 96.2 Å². The molecule has 0 saturated carbocycles. The van der Waals surface area contributed by atoms with Gasteiger partial charge in [-0.25, -0.2) is 0 Å². The van der Waals surface area contributed by atoms with Crippen LogP contribution in [0.5, 0.6) is 0 Å². The molecule has 0 aromatic carbocycles. The van der Waals surface area contributed by atoms with Gasteiger partial charge in [0.1, 0.15) is 6.61 Å². The summed E-state index contributed by atoms with van der Waals surface area (Å²) in [4.78, 5) is 11.6. The number of aliphatic hydroxyl groups is 3. The van der Waals surface area contributed by atoms with Crippen LogP contribution in [-0.2, 0) is 14.3 Å². The Hall–Kier alpha value is -1.37. The van der Waals surface area contributed by atoms with Crippen LogP contribution in [0.2, 0.25) is 0 Å². The molecular formula is C12H20O6. The van der Waals surface area contributed by atoms with E-state index in [0.29, 0.717) is 6.42 Å². The molecule has 0 aliphatic rings. The number of hydrogen-bond acceptors (Lipinski definition) is 6. The molecule has 104 valence electrons. The predicted molar refractivity (Wildman–Crippen MR) is 64.1 cm³/mol. The van der Waals surface area contributed by atoms with E-state index in [2.05, 4.69) is 0 Å². The van der Waals surface area contributed by atoms with Gasteiger partial charge in [-0.1, -0.05) is 13.0 Å². The molecule has 0 aromatic rings. The minimum Gasteiger partial charge on any atom is -0.437 e. The monoisotopic (exact) mass is 260 g/mol. The first kappa shape index (κ1) is 16.6. The summed E-state index contributed by atoms with van der Waals surface area (Å²) in [5.41, 5.74) is 0. The molecule has 0 aliphatic heterocycles. The van der Waals surface area contributed by atoms with Crippen LogP contribution < -0.4 is 0 Å². The number of carbonyl (C=O) groups excluding carboxylic acids is 1. The second-order valence-electron chi connectivity index (χ2n) is 3.48. The van der Waals surface area contributed by atoms with Gasteiger partial charge in [0, 0.05) is 6.42 Å². The van der Waals surface area contributed by atoms with Crippen molar-refractivity contribution in [3.63, 3.8) is 0 Å². The number of allylic oxidation sites excluding steroid dienone is 2. The summed E-state index contributed by atoms with van der Waals surface area (Å²) in [5, 5.41) is 27.5. The summed E-state index contributed by atoms with van der Waals surface area (Å²) < 4.78 is 9.69. The smallest absolute Gasteiger partial charge is 0.393 e. The number of ketones is 1. The standard InChI is InChI=1S/C12H20O6/c1-3-5-10(15)11(6-7-13)18-12(16,9-14)17-8-4-2/h4,6,8,13-14,16H,3,5,7,9H2,1-2H3/b8-4+,11-6+. The molecule has 18 heavy (non-hydrogen) atoms. The van der Waals surface area contributed by atoms with Crippen molar-refractivity contribution in [2.24, 2.45) is 0 Å². The molecule has 3 N–H and O–H groups in total. The Labute approximate surface area is 106 Å². The summed E-state index contributed by atoms with van der Waals surface area (Å²) in [6, 6.07) is 0. The number of Topliss-reactive ketones (excluding diaryl/α,β-unsaturated/α-hetero) is 1. The highest BCUT2D eigenvalue weighted by Gasteiger charge is 2.32. The van der Waals surface area contributed by atoms with Crippen molar-refractivity contribution in [3.05, 3.63) is 24.2 Å². The molecule has 6 heteroatoms. The van der Waals surface area contributed by atoms with Gasteiger partial charge in [-0.15, -0.1) is 0 Å². The van der Waals surface area contributed by atoms with Crippen molar-refractivity contribution in [2.75, 3.05) is 13.2 Å². The zero-order valence-corrected chi connectivity index (χ0v) is 10.6. The summed E-state index contributed by atoms with van der Waals surface area (Å²) in [6.07, 6.45) is 4.51.